The van der Waals surface area contributed by atoms with Gasteiger partial charge < -0.3 is 14.0 Å². The molecule has 2 aromatic rings. The molecule has 0 bridgehead atoms. The monoisotopic (exact) mass is 247 g/mol. The number of methoxy groups -OCH3 is 2. The van der Waals surface area contributed by atoms with Gasteiger partial charge in [-0.25, -0.2) is 0 Å². The standard InChI is InChI=1S/C13H17N3O2/c1-9(2)16-8-14-15-13(16)11-7-10(17-3)5-6-12(11)18-4/h5-9H,1-4H3. The molecular formula is C13H17N3O2. The molecule has 5 nitrogen and oxygen atoms in total. The Bertz CT molecular complexity index is 535. The molecular weight excluding hydrogens is 230 g/mol. The minimum atomic E-state index is 0.283. The lowest BCUT2D eigenvalue weighted by molar-refractivity contribution is 0.404. The van der Waals surface area contributed by atoms with Crippen LogP contribution < -0.4 is 9.47 Å². The topological polar surface area (TPSA) is 49.2 Å². The maximum absolute atomic E-state index is 5.37. The van der Waals surface area contributed by atoms with E-state index < -0.39 is 0 Å². The van der Waals surface area contributed by atoms with Crippen LogP contribution in [0.4, 0.5) is 0 Å². The Balaban J connectivity index is 2.57. The van der Waals surface area contributed by atoms with Crippen molar-refractivity contribution < 1.29 is 9.47 Å². The molecule has 96 valence electrons. The summed E-state index contributed by atoms with van der Waals surface area (Å²) in [6.07, 6.45) is 1.72. The molecule has 0 spiro atoms. The van der Waals surface area contributed by atoms with Crippen LogP contribution in [0.1, 0.15) is 19.9 Å². The first-order valence-corrected chi connectivity index (χ1v) is 5.79. The Morgan fingerprint density at radius 3 is 2.56 bits per heavy atom. The van der Waals surface area contributed by atoms with Crippen LogP contribution in [0.25, 0.3) is 11.4 Å². The van der Waals surface area contributed by atoms with Crippen molar-refractivity contribution in [1.29, 1.82) is 0 Å². The molecule has 0 amide bonds. The van der Waals surface area contributed by atoms with Crippen LogP contribution in [0.3, 0.4) is 0 Å². The van der Waals surface area contributed by atoms with Crippen molar-refractivity contribution in [1.82, 2.24) is 14.8 Å². The maximum atomic E-state index is 5.37. The molecule has 5 heteroatoms. The quantitative estimate of drug-likeness (QED) is 0.833. The molecule has 0 aliphatic carbocycles. The summed E-state index contributed by atoms with van der Waals surface area (Å²) >= 11 is 0. The van der Waals surface area contributed by atoms with Gasteiger partial charge in [-0.05, 0) is 32.0 Å². The van der Waals surface area contributed by atoms with E-state index in [1.165, 1.54) is 0 Å². The summed E-state index contributed by atoms with van der Waals surface area (Å²) in [4.78, 5) is 0. The van der Waals surface area contributed by atoms with Gasteiger partial charge in [0.05, 0.1) is 19.8 Å². The number of ether oxygens (including phenoxy) is 2. The molecule has 0 saturated carbocycles. The Morgan fingerprint density at radius 2 is 1.94 bits per heavy atom. The fourth-order valence-corrected chi connectivity index (χ4v) is 1.80. The van der Waals surface area contributed by atoms with Gasteiger partial charge in [-0.2, -0.15) is 0 Å². The summed E-state index contributed by atoms with van der Waals surface area (Å²) in [7, 11) is 3.28. The van der Waals surface area contributed by atoms with Gasteiger partial charge in [0.15, 0.2) is 5.82 Å². The average molecular weight is 247 g/mol. The third kappa shape index (κ3) is 2.16. The molecule has 2 rings (SSSR count). The summed E-state index contributed by atoms with van der Waals surface area (Å²) in [5.41, 5.74) is 0.878. The number of nitrogens with zero attached hydrogens (tertiary/aromatic N) is 3. The highest BCUT2D eigenvalue weighted by atomic mass is 16.5. The van der Waals surface area contributed by atoms with Crippen LogP contribution in [-0.2, 0) is 0 Å². The molecule has 0 aliphatic heterocycles. The van der Waals surface area contributed by atoms with Crippen molar-refractivity contribution in [2.24, 2.45) is 0 Å². The lowest BCUT2D eigenvalue weighted by atomic mass is 10.1. The van der Waals surface area contributed by atoms with Gasteiger partial charge in [0.2, 0.25) is 0 Å². The smallest absolute Gasteiger partial charge is 0.167 e. The van der Waals surface area contributed by atoms with E-state index in [1.807, 2.05) is 22.8 Å². The van der Waals surface area contributed by atoms with Crippen molar-refractivity contribution in [2.45, 2.75) is 19.9 Å². The van der Waals surface area contributed by atoms with E-state index in [-0.39, 0.29) is 6.04 Å². The summed E-state index contributed by atoms with van der Waals surface area (Å²) in [5, 5.41) is 8.14. The third-order valence-electron chi connectivity index (χ3n) is 2.78. The normalized spacial score (nSPS) is 10.7. The number of rotatable bonds is 4. The molecule has 1 aromatic heterocycles. The Hall–Kier alpha value is -2.04. The van der Waals surface area contributed by atoms with E-state index in [2.05, 4.69) is 24.0 Å². The second-order valence-electron chi connectivity index (χ2n) is 4.22. The summed E-state index contributed by atoms with van der Waals surface area (Å²) in [6, 6.07) is 5.92. The third-order valence-corrected chi connectivity index (χ3v) is 2.78. The van der Waals surface area contributed by atoms with E-state index >= 15 is 0 Å². The van der Waals surface area contributed by atoms with Gasteiger partial charge in [0, 0.05) is 6.04 Å². The first-order chi connectivity index (χ1) is 8.67. The fourth-order valence-electron chi connectivity index (χ4n) is 1.80. The summed E-state index contributed by atoms with van der Waals surface area (Å²) in [6.45, 7) is 4.17. The van der Waals surface area contributed by atoms with Crippen molar-refractivity contribution in [3.8, 4) is 22.9 Å². The molecule has 0 N–H and O–H groups in total. The van der Waals surface area contributed by atoms with Gasteiger partial charge in [-0.1, -0.05) is 0 Å². The second kappa shape index (κ2) is 5.08. The minimum absolute atomic E-state index is 0.283. The first kappa shape index (κ1) is 12.4. The summed E-state index contributed by atoms with van der Waals surface area (Å²) < 4.78 is 12.6. The zero-order valence-electron chi connectivity index (χ0n) is 11.0. The lowest BCUT2D eigenvalue weighted by Gasteiger charge is -2.13. The van der Waals surface area contributed by atoms with Crippen molar-refractivity contribution in [2.75, 3.05) is 14.2 Å². The predicted molar refractivity (Wildman–Crippen MR) is 68.9 cm³/mol. The van der Waals surface area contributed by atoms with Crippen LogP contribution in [0.15, 0.2) is 24.5 Å². The fraction of sp³-hybridized carbons (Fsp3) is 0.385. The molecule has 0 unspecified atom stereocenters. The van der Waals surface area contributed by atoms with E-state index in [9.17, 15) is 0 Å². The number of benzene rings is 1. The van der Waals surface area contributed by atoms with Gasteiger partial charge >= 0.3 is 0 Å². The zero-order chi connectivity index (χ0) is 13.1. The van der Waals surface area contributed by atoms with E-state index in [1.54, 1.807) is 20.5 Å². The molecule has 0 atom stereocenters. The molecule has 18 heavy (non-hydrogen) atoms. The van der Waals surface area contributed by atoms with Crippen LogP contribution in [0, 0.1) is 0 Å². The van der Waals surface area contributed by atoms with Crippen molar-refractivity contribution in [3.05, 3.63) is 24.5 Å². The summed E-state index contributed by atoms with van der Waals surface area (Å²) in [5.74, 6) is 2.30. The highest BCUT2D eigenvalue weighted by molar-refractivity contribution is 5.66. The van der Waals surface area contributed by atoms with Crippen LogP contribution in [-0.4, -0.2) is 29.0 Å². The second-order valence-corrected chi connectivity index (χ2v) is 4.22. The number of hydrogen-bond donors (Lipinski definition) is 0. The van der Waals surface area contributed by atoms with Crippen molar-refractivity contribution >= 4 is 0 Å². The number of aromatic nitrogens is 3. The molecule has 0 fully saturated rings. The minimum Gasteiger partial charge on any atom is -0.497 e. The SMILES string of the molecule is COc1ccc(OC)c(-c2nncn2C(C)C)c1. The average Bonchev–Trinajstić information content (AvgIpc) is 2.87. The van der Waals surface area contributed by atoms with Crippen molar-refractivity contribution in [3.63, 3.8) is 0 Å². The van der Waals surface area contributed by atoms with E-state index in [4.69, 9.17) is 9.47 Å². The largest absolute Gasteiger partial charge is 0.497 e. The highest BCUT2D eigenvalue weighted by Gasteiger charge is 2.15. The Kier molecular flexibility index (Phi) is 3.50. The van der Waals surface area contributed by atoms with Gasteiger partial charge in [0.1, 0.15) is 17.8 Å². The first-order valence-electron chi connectivity index (χ1n) is 5.79. The van der Waals surface area contributed by atoms with Crippen LogP contribution in [0.2, 0.25) is 0 Å². The highest BCUT2D eigenvalue weighted by Crippen LogP contribution is 2.33. The number of hydrogen-bond acceptors (Lipinski definition) is 4. The molecule has 1 heterocycles. The molecule has 0 radical (unpaired) electrons. The van der Waals surface area contributed by atoms with Crippen LogP contribution in [0.5, 0.6) is 11.5 Å². The maximum Gasteiger partial charge on any atom is 0.167 e. The Labute approximate surface area is 106 Å². The van der Waals surface area contributed by atoms with Gasteiger partial charge in [0.25, 0.3) is 0 Å². The van der Waals surface area contributed by atoms with Gasteiger partial charge in [-0.3, -0.25) is 0 Å². The van der Waals surface area contributed by atoms with E-state index in [0.717, 1.165) is 22.9 Å². The van der Waals surface area contributed by atoms with E-state index in [0.29, 0.717) is 0 Å². The zero-order valence-corrected chi connectivity index (χ0v) is 11.0. The lowest BCUT2D eigenvalue weighted by Crippen LogP contribution is -2.03. The van der Waals surface area contributed by atoms with Crippen LogP contribution >= 0.6 is 0 Å². The predicted octanol–water partition coefficient (Wildman–Crippen LogP) is 2.54. The van der Waals surface area contributed by atoms with Gasteiger partial charge in [-0.15, -0.1) is 10.2 Å². The molecule has 1 aromatic carbocycles. The molecule has 0 saturated heterocycles. The Morgan fingerprint density at radius 1 is 1.17 bits per heavy atom. The molecule has 0 aliphatic rings.